The molecule has 0 fully saturated rings. The molecule has 0 unspecified atom stereocenters. The molecule has 12 heavy (non-hydrogen) atoms. The van der Waals surface area contributed by atoms with Gasteiger partial charge >= 0.3 is 0 Å². The standard InChI is InChI=1S/C8H9N3S/c1-6-5-12-8(10-6)7-9-3-4-11(7)2/h3-5H,1-2H3. The molecule has 3 nitrogen and oxygen atoms in total. The van der Waals surface area contributed by atoms with E-state index in [9.17, 15) is 0 Å². The molecule has 0 saturated heterocycles. The van der Waals surface area contributed by atoms with E-state index in [1.54, 1.807) is 17.5 Å². The number of nitrogens with zero attached hydrogens (tertiary/aromatic N) is 3. The summed E-state index contributed by atoms with van der Waals surface area (Å²) in [5.74, 6) is 0.938. The van der Waals surface area contributed by atoms with E-state index in [4.69, 9.17) is 0 Å². The van der Waals surface area contributed by atoms with Gasteiger partial charge in [0.2, 0.25) is 0 Å². The van der Waals surface area contributed by atoms with E-state index in [0.29, 0.717) is 0 Å². The molecule has 0 spiro atoms. The lowest BCUT2D eigenvalue weighted by Crippen LogP contribution is -1.90. The molecule has 0 aliphatic heterocycles. The lowest BCUT2D eigenvalue weighted by Gasteiger charge is -1.94. The van der Waals surface area contributed by atoms with E-state index in [-0.39, 0.29) is 0 Å². The largest absolute Gasteiger partial charge is 0.332 e. The first-order valence-electron chi connectivity index (χ1n) is 3.67. The lowest BCUT2D eigenvalue weighted by molar-refractivity contribution is 0.921. The van der Waals surface area contributed by atoms with Crippen LogP contribution in [0.15, 0.2) is 17.8 Å². The Bertz CT molecular complexity index is 388. The van der Waals surface area contributed by atoms with Gasteiger partial charge in [0, 0.05) is 30.5 Å². The van der Waals surface area contributed by atoms with Gasteiger partial charge in [0.25, 0.3) is 0 Å². The SMILES string of the molecule is Cc1csc(-c2nccn2C)n1. The third-order valence-electron chi connectivity index (χ3n) is 1.63. The van der Waals surface area contributed by atoms with E-state index in [1.165, 1.54) is 0 Å². The molecule has 62 valence electrons. The van der Waals surface area contributed by atoms with E-state index in [1.807, 2.05) is 30.1 Å². The molecule has 0 aromatic carbocycles. The molecule has 0 aliphatic rings. The van der Waals surface area contributed by atoms with Gasteiger partial charge in [0.05, 0.1) is 0 Å². The summed E-state index contributed by atoms with van der Waals surface area (Å²) in [6.07, 6.45) is 3.71. The molecule has 0 saturated carbocycles. The normalized spacial score (nSPS) is 10.5. The van der Waals surface area contributed by atoms with Gasteiger partial charge in [-0.2, -0.15) is 0 Å². The van der Waals surface area contributed by atoms with Crippen LogP contribution in [0.3, 0.4) is 0 Å². The van der Waals surface area contributed by atoms with Crippen LogP contribution in [0.1, 0.15) is 5.69 Å². The van der Waals surface area contributed by atoms with Crippen molar-refractivity contribution in [3.63, 3.8) is 0 Å². The molecule has 2 rings (SSSR count). The first-order valence-corrected chi connectivity index (χ1v) is 4.55. The maximum atomic E-state index is 4.35. The minimum Gasteiger partial charge on any atom is -0.332 e. The van der Waals surface area contributed by atoms with Crippen LogP contribution < -0.4 is 0 Å². The maximum Gasteiger partial charge on any atom is 0.168 e. The molecule has 2 aromatic rings. The number of aromatic nitrogens is 3. The fraction of sp³-hybridized carbons (Fsp3) is 0.250. The molecule has 0 aliphatic carbocycles. The van der Waals surface area contributed by atoms with Crippen LogP contribution in [0.5, 0.6) is 0 Å². The summed E-state index contributed by atoms with van der Waals surface area (Å²) in [6, 6.07) is 0. The molecule has 0 radical (unpaired) electrons. The highest BCUT2D eigenvalue weighted by Gasteiger charge is 2.05. The summed E-state index contributed by atoms with van der Waals surface area (Å²) in [7, 11) is 1.97. The highest BCUT2D eigenvalue weighted by Crippen LogP contribution is 2.20. The first-order chi connectivity index (χ1) is 5.77. The van der Waals surface area contributed by atoms with Crippen LogP contribution in [0, 0.1) is 6.92 Å². The minimum absolute atomic E-state index is 0.938. The van der Waals surface area contributed by atoms with Crippen molar-refractivity contribution < 1.29 is 0 Å². The van der Waals surface area contributed by atoms with Crippen LogP contribution in [-0.4, -0.2) is 14.5 Å². The first kappa shape index (κ1) is 7.49. The van der Waals surface area contributed by atoms with Crippen molar-refractivity contribution in [2.45, 2.75) is 6.92 Å². The van der Waals surface area contributed by atoms with Gasteiger partial charge in [-0.1, -0.05) is 0 Å². The second-order valence-electron chi connectivity index (χ2n) is 2.66. The van der Waals surface area contributed by atoms with Crippen LogP contribution in [-0.2, 0) is 7.05 Å². The second kappa shape index (κ2) is 2.71. The molecule has 0 bridgehead atoms. The summed E-state index contributed by atoms with van der Waals surface area (Å²) in [5.41, 5.74) is 1.05. The van der Waals surface area contributed by atoms with Crippen LogP contribution in [0.2, 0.25) is 0 Å². The lowest BCUT2D eigenvalue weighted by atomic mass is 10.5. The van der Waals surface area contributed by atoms with Crippen molar-refractivity contribution in [1.82, 2.24) is 14.5 Å². The minimum atomic E-state index is 0.938. The van der Waals surface area contributed by atoms with Gasteiger partial charge in [-0.05, 0) is 6.92 Å². The molecule has 0 amide bonds. The van der Waals surface area contributed by atoms with Crippen molar-refractivity contribution >= 4 is 11.3 Å². The number of thiazole rings is 1. The molecule has 0 atom stereocenters. The predicted octanol–water partition coefficient (Wildman–Crippen LogP) is 1.85. The summed E-state index contributed by atoms with van der Waals surface area (Å²) in [6.45, 7) is 1.99. The second-order valence-corrected chi connectivity index (χ2v) is 3.51. The molecule has 2 aromatic heterocycles. The zero-order valence-electron chi connectivity index (χ0n) is 6.98. The number of hydrogen-bond acceptors (Lipinski definition) is 3. The Kier molecular flexibility index (Phi) is 1.69. The summed E-state index contributed by atoms with van der Waals surface area (Å²) < 4.78 is 1.97. The monoisotopic (exact) mass is 179 g/mol. The Balaban J connectivity index is 2.50. The zero-order chi connectivity index (χ0) is 8.55. The van der Waals surface area contributed by atoms with Crippen molar-refractivity contribution in [2.75, 3.05) is 0 Å². The summed E-state index contributed by atoms with van der Waals surface area (Å²) in [5, 5.41) is 3.02. The topological polar surface area (TPSA) is 30.7 Å². The van der Waals surface area contributed by atoms with Crippen molar-refractivity contribution in [3.8, 4) is 10.8 Å². The maximum absolute atomic E-state index is 4.35. The number of aryl methyl sites for hydroxylation is 2. The van der Waals surface area contributed by atoms with Gasteiger partial charge in [-0.25, -0.2) is 9.97 Å². The van der Waals surface area contributed by atoms with E-state index >= 15 is 0 Å². The summed E-state index contributed by atoms with van der Waals surface area (Å²) >= 11 is 1.63. The predicted molar refractivity (Wildman–Crippen MR) is 49.1 cm³/mol. The van der Waals surface area contributed by atoms with E-state index < -0.39 is 0 Å². The fourth-order valence-corrected chi connectivity index (χ4v) is 1.86. The third kappa shape index (κ3) is 1.14. The van der Waals surface area contributed by atoms with Gasteiger partial charge in [-0.15, -0.1) is 11.3 Å². The number of rotatable bonds is 1. The zero-order valence-corrected chi connectivity index (χ0v) is 7.80. The van der Waals surface area contributed by atoms with Crippen molar-refractivity contribution in [3.05, 3.63) is 23.5 Å². The molecule has 2 heterocycles. The van der Waals surface area contributed by atoms with Gasteiger partial charge in [0.1, 0.15) is 0 Å². The van der Waals surface area contributed by atoms with E-state index in [0.717, 1.165) is 16.5 Å². The average molecular weight is 179 g/mol. The van der Waals surface area contributed by atoms with Crippen LogP contribution in [0.25, 0.3) is 10.8 Å². The van der Waals surface area contributed by atoms with Crippen LogP contribution >= 0.6 is 11.3 Å². The highest BCUT2D eigenvalue weighted by atomic mass is 32.1. The average Bonchev–Trinajstić information content (AvgIpc) is 2.58. The molecular weight excluding hydrogens is 170 g/mol. The third-order valence-corrected chi connectivity index (χ3v) is 2.59. The van der Waals surface area contributed by atoms with E-state index in [2.05, 4.69) is 9.97 Å². The quantitative estimate of drug-likeness (QED) is 0.669. The van der Waals surface area contributed by atoms with Gasteiger partial charge in [0.15, 0.2) is 10.8 Å². The Morgan fingerprint density at radius 1 is 1.50 bits per heavy atom. The Labute approximate surface area is 74.7 Å². The number of imidazole rings is 1. The van der Waals surface area contributed by atoms with Gasteiger partial charge < -0.3 is 4.57 Å². The Morgan fingerprint density at radius 2 is 2.33 bits per heavy atom. The Morgan fingerprint density at radius 3 is 2.83 bits per heavy atom. The van der Waals surface area contributed by atoms with Gasteiger partial charge in [-0.3, -0.25) is 0 Å². The molecular formula is C8H9N3S. The number of hydrogen-bond donors (Lipinski definition) is 0. The fourth-order valence-electron chi connectivity index (χ4n) is 1.03. The van der Waals surface area contributed by atoms with Crippen molar-refractivity contribution in [1.29, 1.82) is 0 Å². The smallest absolute Gasteiger partial charge is 0.168 e. The van der Waals surface area contributed by atoms with Crippen molar-refractivity contribution in [2.24, 2.45) is 7.05 Å². The molecule has 4 heteroatoms. The highest BCUT2D eigenvalue weighted by molar-refractivity contribution is 7.13. The molecule has 0 N–H and O–H groups in total. The summed E-state index contributed by atoms with van der Waals surface area (Å²) in [4.78, 5) is 8.56. The van der Waals surface area contributed by atoms with Crippen LogP contribution in [0.4, 0.5) is 0 Å². The Hall–Kier alpha value is -1.16.